The van der Waals surface area contributed by atoms with Gasteiger partial charge in [-0.15, -0.1) is 0 Å². The number of ether oxygens (including phenoxy) is 2. The lowest BCUT2D eigenvalue weighted by atomic mass is 9.88. The van der Waals surface area contributed by atoms with Crippen molar-refractivity contribution < 1.29 is 32.2 Å². The molecular weight excluding hydrogens is 559 g/mol. The Labute approximate surface area is 249 Å². The number of hydrogen-bond donors (Lipinski definition) is 1. The van der Waals surface area contributed by atoms with E-state index in [-0.39, 0.29) is 29.3 Å². The van der Waals surface area contributed by atoms with Gasteiger partial charge in [0.1, 0.15) is 23.8 Å². The first kappa shape index (κ1) is 31.6. The van der Waals surface area contributed by atoms with Crippen LogP contribution < -0.4 is 10.1 Å². The Morgan fingerprint density at radius 3 is 2.14 bits per heavy atom. The van der Waals surface area contributed by atoms with Crippen molar-refractivity contribution in [2.45, 2.75) is 58.6 Å². The summed E-state index contributed by atoms with van der Waals surface area (Å²) in [7, 11) is 0. The zero-order valence-corrected chi connectivity index (χ0v) is 24.7. The second-order valence-electron chi connectivity index (χ2n) is 11.4. The Morgan fingerprint density at radius 1 is 0.953 bits per heavy atom. The van der Waals surface area contributed by atoms with Crippen LogP contribution in [-0.4, -0.2) is 53.6 Å². The molecule has 3 aromatic rings. The molecule has 228 valence electrons. The molecule has 1 aromatic heterocycles. The van der Waals surface area contributed by atoms with Crippen molar-refractivity contribution in [2.24, 2.45) is 0 Å². The molecule has 2 heterocycles. The van der Waals surface area contributed by atoms with Gasteiger partial charge in [-0.05, 0) is 81.0 Å². The number of nitrogens with zero attached hydrogens (tertiary/aromatic N) is 2. The molecule has 2 amide bonds. The highest BCUT2D eigenvalue weighted by Gasteiger charge is 2.26. The number of benzene rings is 2. The molecule has 1 aliphatic heterocycles. The van der Waals surface area contributed by atoms with E-state index in [9.17, 15) is 22.8 Å². The summed E-state index contributed by atoms with van der Waals surface area (Å²) >= 11 is 0. The smallest absolute Gasteiger partial charge is 0.410 e. The first-order valence-electron chi connectivity index (χ1n) is 14.1. The van der Waals surface area contributed by atoms with E-state index in [1.54, 1.807) is 17.0 Å². The number of likely N-dealkylation sites (tertiary alicyclic amines) is 1. The van der Waals surface area contributed by atoms with E-state index in [0.29, 0.717) is 25.9 Å². The summed E-state index contributed by atoms with van der Waals surface area (Å²) in [5.74, 6) is -0.658. The highest BCUT2D eigenvalue weighted by molar-refractivity contribution is 5.94. The molecule has 0 radical (unpaired) electrons. The predicted molar refractivity (Wildman–Crippen MR) is 158 cm³/mol. The average Bonchev–Trinajstić information content (AvgIpc) is 2.97. The Hall–Kier alpha value is -4.34. The van der Waals surface area contributed by atoms with Crippen molar-refractivity contribution in [3.05, 3.63) is 101 Å². The van der Waals surface area contributed by atoms with Crippen LogP contribution in [0.3, 0.4) is 0 Å². The Morgan fingerprint density at radius 2 is 1.56 bits per heavy atom. The summed E-state index contributed by atoms with van der Waals surface area (Å²) in [6, 6.07) is 15.1. The maximum absolute atomic E-state index is 13.8. The number of halogens is 3. The Balaban J connectivity index is 1.51. The largest absolute Gasteiger partial charge is 0.486 e. The number of pyridine rings is 1. The lowest BCUT2D eigenvalue weighted by Crippen LogP contribution is -2.40. The molecular formula is C33H36F3N3O4. The van der Waals surface area contributed by atoms with Gasteiger partial charge < -0.3 is 19.7 Å². The van der Waals surface area contributed by atoms with Crippen molar-refractivity contribution in [3.8, 4) is 5.75 Å². The van der Waals surface area contributed by atoms with E-state index in [0.717, 1.165) is 27.8 Å². The molecule has 43 heavy (non-hydrogen) atoms. The number of nitrogens with one attached hydrogen (secondary N) is 1. The third kappa shape index (κ3) is 8.83. The fraction of sp³-hybridized carbons (Fsp3) is 0.364. The van der Waals surface area contributed by atoms with E-state index < -0.39 is 24.5 Å². The second-order valence-corrected chi connectivity index (χ2v) is 11.4. The SMILES string of the molecule is C[C@@H](NC(=O)c1cncc(OCC(F)F)c1)c1ccc(C(=C2CCN(C(=O)OC(C)(C)C)CC2)c2ccc(F)cc2)cc1. The Kier molecular flexibility index (Phi) is 10.1. The summed E-state index contributed by atoms with van der Waals surface area (Å²) in [5.41, 5.74) is 4.41. The molecule has 1 atom stereocenters. The number of hydrogen-bond acceptors (Lipinski definition) is 5. The van der Waals surface area contributed by atoms with Gasteiger partial charge in [-0.2, -0.15) is 0 Å². The average molecular weight is 596 g/mol. The van der Waals surface area contributed by atoms with Crippen LogP contribution in [0, 0.1) is 5.82 Å². The topological polar surface area (TPSA) is 80.8 Å². The number of aromatic nitrogens is 1. The number of rotatable bonds is 8. The van der Waals surface area contributed by atoms with E-state index in [2.05, 4.69) is 10.3 Å². The van der Waals surface area contributed by atoms with Gasteiger partial charge in [0.25, 0.3) is 12.3 Å². The van der Waals surface area contributed by atoms with Gasteiger partial charge in [0.2, 0.25) is 0 Å². The third-order valence-electron chi connectivity index (χ3n) is 6.90. The summed E-state index contributed by atoms with van der Waals surface area (Å²) < 4.78 is 49.2. The fourth-order valence-corrected chi connectivity index (χ4v) is 4.81. The molecule has 0 bridgehead atoms. The quantitative estimate of drug-likeness (QED) is 0.298. The number of carbonyl (C=O) groups excluding carboxylic acids is 2. The van der Waals surface area contributed by atoms with Crippen molar-refractivity contribution in [3.63, 3.8) is 0 Å². The number of amides is 2. The second kappa shape index (κ2) is 13.8. The van der Waals surface area contributed by atoms with Crippen molar-refractivity contribution in [2.75, 3.05) is 19.7 Å². The van der Waals surface area contributed by atoms with E-state index in [4.69, 9.17) is 9.47 Å². The zero-order chi connectivity index (χ0) is 31.1. The summed E-state index contributed by atoms with van der Waals surface area (Å²) in [4.78, 5) is 31.0. The van der Waals surface area contributed by atoms with Crippen LogP contribution in [0.5, 0.6) is 5.75 Å². The molecule has 10 heteroatoms. The number of piperidine rings is 1. The molecule has 7 nitrogen and oxygen atoms in total. The summed E-state index contributed by atoms with van der Waals surface area (Å²) in [6.07, 6.45) is 0.942. The summed E-state index contributed by atoms with van der Waals surface area (Å²) in [5, 5.41) is 2.90. The Bertz CT molecular complexity index is 1440. The van der Waals surface area contributed by atoms with E-state index >= 15 is 0 Å². The van der Waals surface area contributed by atoms with Gasteiger partial charge >= 0.3 is 6.09 Å². The molecule has 1 aliphatic rings. The van der Waals surface area contributed by atoms with Crippen molar-refractivity contribution in [1.29, 1.82) is 0 Å². The maximum atomic E-state index is 13.8. The molecule has 1 saturated heterocycles. The normalized spacial score (nSPS) is 14.3. The lowest BCUT2D eigenvalue weighted by Gasteiger charge is -2.32. The van der Waals surface area contributed by atoms with Crippen LogP contribution in [0.15, 0.2) is 72.6 Å². The molecule has 2 aromatic carbocycles. The minimum Gasteiger partial charge on any atom is -0.486 e. The van der Waals surface area contributed by atoms with Gasteiger partial charge in [0, 0.05) is 19.3 Å². The van der Waals surface area contributed by atoms with E-state index in [1.165, 1.54) is 30.6 Å². The molecule has 0 saturated carbocycles. The van der Waals surface area contributed by atoms with Gasteiger partial charge in [0.05, 0.1) is 17.8 Å². The molecule has 1 N–H and O–H groups in total. The van der Waals surface area contributed by atoms with Crippen LogP contribution >= 0.6 is 0 Å². The molecule has 0 aliphatic carbocycles. The van der Waals surface area contributed by atoms with Crippen molar-refractivity contribution >= 4 is 17.6 Å². The predicted octanol–water partition coefficient (Wildman–Crippen LogP) is 7.19. The zero-order valence-electron chi connectivity index (χ0n) is 24.7. The van der Waals surface area contributed by atoms with Gasteiger partial charge in [-0.3, -0.25) is 9.78 Å². The van der Waals surface area contributed by atoms with Gasteiger partial charge in [0.15, 0.2) is 0 Å². The van der Waals surface area contributed by atoms with Crippen molar-refractivity contribution in [1.82, 2.24) is 15.2 Å². The minimum absolute atomic E-state index is 0.0863. The van der Waals surface area contributed by atoms with E-state index in [1.807, 2.05) is 52.0 Å². The monoisotopic (exact) mass is 595 g/mol. The first-order chi connectivity index (χ1) is 20.4. The van der Waals surface area contributed by atoms with Crippen LogP contribution in [-0.2, 0) is 4.74 Å². The highest BCUT2D eigenvalue weighted by Crippen LogP contribution is 2.33. The molecule has 4 rings (SSSR count). The van der Waals surface area contributed by atoms with Crippen LogP contribution in [0.4, 0.5) is 18.0 Å². The van der Waals surface area contributed by atoms with Crippen LogP contribution in [0.25, 0.3) is 5.57 Å². The van der Waals surface area contributed by atoms with Gasteiger partial charge in [-0.1, -0.05) is 42.0 Å². The lowest BCUT2D eigenvalue weighted by molar-refractivity contribution is 0.0236. The number of carbonyl (C=O) groups is 2. The standard InChI is InChI=1S/C33H36F3N3O4/c1-21(38-31(40)26-17-28(19-37-18-26)42-20-29(35)36)22-5-7-23(8-6-22)30(24-9-11-27(34)12-10-24)25-13-15-39(16-14-25)32(41)43-33(2,3)4/h5-12,17-19,21,29H,13-16,20H2,1-4H3,(H,38,40)/t21-/m1/s1. The fourth-order valence-electron chi connectivity index (χ4n) is 4.81. The third-order valence-corrected chi connectivity index (χ3v) is 6.90. The first-order valence-corrected chi connectivity index (χ1v) is 14.1. The molecule has 0 unspecified atom stereocenters. The van der Waals surface area contributed by atoms with Crippen LogP contribution in [0.2, 0.25) is 0 Å². The van der Waals surface area contributed by atoms with Crippen LogP contribution in [0.1, 0.15) is 73.6 Å². The molecule has 0 spiro atoms. The number of alkyl halides is 2. The molecule has 1 fully saturated rings. The minimum atomic E-state index is -2.63. The maximum Gasteiger partial charge on any atom is 0.410 e. The highest BCUT2D eigenvalue weighted by atomic mass is 19.3. The van der Waals surface area contributed by atoms with Gasteiger partial charge in [-0.25, -0.2) is 18.0 Å². The summed E-state index contributed by atoms with van der Waals surface area (Å²) in [6.45, 7) is 7.60.